The molecule has 0 radical (unpaired) electrons. The van der Waals surface area contributed by atoms with Gasteiger partial charge in [0, 0.05) is 25.0 Å². The molecule has 0 atom stereocenters. The molecule has 0 spiro atoms. The van der Waals surface area contributed by atoms with E-state index >= 15 is 0 Å². The number of pyridine rings is 1. The molecule has 3 aromatic rings. The Morgan fingerprint density at radius 3 is 2.21 bits per heavy atom. The standard InChI is InChI=1S/C24H28N2O6S2/c1-17(2)15-26(22-7-5-18(3)13-19(22)4)33(27,28)23-8-6-21(14-24(23)34(29,30)31)32-16-20-9-11-25-12-10-20/h5-14,17H,15-16H2,1-4H3,(H,29,30,31). The Bertz CT molecular complexity index is 1370. The van der Waals surface area contributed by atoms with E-state index in [-0.39, 0.29) is 24.8 Å². The van der Waals surface area contributed by atoms with Gasteiger partial charge in [0.2, 0.25) is 0 Å². The molecular formula is C24H28N2O6S2. The maximum atomic E-state index is 13.8. The van der Waals surface area contributed by atoms with Gasteiger partial charge in [-0.15, -0.1) is 0 Å². The predicted octanol–water partition coefficient (Wildman–Crippen LogP) is 4.38. The fraction of sp³-hybridized carbons (Fsp3) is 0.292. The first kappa shape index (κ1) is 25.7. The number of anilines is 1. The van der Waals surface area contributed by atoms with Crippen molar-refractivity contribution in [2.45, 2.75) is 44.1 Å². The zero-order valence-corrected chi connectivity index (χ0v) is 21.1. The highest BCUT2D eigenvalue weighted by Gasteiger charge is 2.33. The van der Waals surface area contributed by atoms with Gasteiger partial charge in [-0.3, -0.25) is 13.8 Å². The number of ether oxygens (including phenoxy) is 1. The number of hydrogen-bond acceptors (Lipinski definition) is 6. The Kier molecular flexibility index (Phi) is 7.64. The molecule has 0 bridgehead atoms. The van der Waals surface area contributed by atoms with Crippen molar-refractivity contribution >= 4 is 25.8 Å². The summed E-state index contributed by atoms with van der Waals surface area (Å²) in [6.07, 6.45) is 3.18. The lowest BCUT2D eigenvalue weighted by molar-refractivity contribution is 0.304. The van der Waals surface area contributed by atoms with Gasteiger partial charge in [0.15, 0.2) is 0 Å². The van der Waals surface area contributed by atoms with Gasteiger partial charge in [-0.2, -0.15) is 8.42 Å². The molecule has 0 aliphatic carbocycles. The van der Waals surface area contributed by atoms with E-state index in [1.54, 1.807) is 43.6 Å². The molecule has 0 saturated carbocycles. The number of rotatable bonds is 9. The molecule has 0 aliphatic heterocycles. The van der Waals surface area contributed by atoms with Crippen LogP contribution in [0.3, 0.4) is 0 Å². The van der Waals surface area contributed by atoms with Gasteiger partial charge >= 0.3 is 0 Å². The number of benzene rings is 2. The molecule has 0 aliphatic rings. The van der Waals surface area contributed by atoms with E-state index in [9.17, 15) is 21.4 Å². The van der Waals surface area contributed by atoms with Crippen LogP contribution in [-0.4, -0.2) is 32.9 Å². The van der Waals surface area contributed by atoms with Gasteiger partial charge in [0.1, 0.15) is 22.1 Å². The summed E-state index contributed by atoms with van der Waals surface area (Å²) in [7, 11) is -9.23. The van der Waals surface area contributed by atoms with Crippen LogP contribution in [0.5, 0.6) is 5.75 Å². The molecule has 10 heteroatoms. The summed E-state index contributed by atoms with van der Waals surface area (Å²) < 4.78 is 68.7. The number of aromatic nitrogens is 1. The van der Waals surface area contributed by atoms with Gasteiger partial charge in [-0.05, 0) is 61.2 Å². The Balaban J connectivity index is 2.08. The molecule has 1 aromatic heterocycles. The molecule has 0 amide bonds. The Morgan fingerprint density at radius 1 is 0.941 bits per heavy atom. The van der Waals surface area contributed by atoms with E-state index in [1.165, 1.54) is 10.4 Å². The largest absolute Gasteiger partial charge is 0.489 e. The second kappa shape index (κ2) is 10.1. The van der Waals surface area contributed by atoms with E-state index in [0.717, 1.165) is 28.8 Å². The topological polar surface area (TPSA) is 114 Å². The van der Waals surface area contributed by atoms with Crippen LogP contribution in [0.4, 0.5) is 5.69 Å². The van der Waals surface area contributed by atoms with E-state index in [2.05, 4.69) is 4.98 Å². The number of nitrogens with zero attached hydrogens (tertiary/aromatic N) is 2. The van der Waals surface area contributed by atoms with Crippen LogP contribution in [0, 0.1) is 19.8 Å². The van der Waals surface area contributed by atoms with Gasteiger partial charge in [0.05, 0.1) is 5.69 Å². The fourth-order valence-corrected chi connectivity index (χ4v) is 6.47. The molecule has 2 aromatic carbocycles. The highest BCUT2D eigenvalue weighted by Crippen LogP contribution is 2.33. The van der Waals surface area contributed by atoms with Gasteiger partial charge in [0.25, 0.3) is 20.1 Å². The van der Waals surface area contributed by atoms with E-state index in [0.29, 0.717) is 5.69 Å². The molecule has 1 N–H and O–H groups in total. The van der Waals surface area contributed by atoms with Crippen LogP contribution < -0.4 is 9.04 Å². The fourth-order valence-electron chi connectivity index (χ4n) is 3.50. The quantitative estimate of drug-likeness (QED) is 0.430. The van der Waals surface area contributed by atoms with Crippen molar-refractivity contribution in [1.29, 1.82) is 0 Å². The number of aryl methyl sites for hydroxylation is 2. The molecule has 0 fully saturated rings. The van der Waals surface area contributed by atoms with Crippen LogP contribution in [0.15, 0.2) is 70.7 Å². The zero-order chi connectivity index (χ0) is 25.1. The third-order valence-electron chi connectivity index (χ3n) is 5.07. The summed E-state index contributed by atoms with van der Waals surface area (Å²) in [6.45, 7) is 7.67. The molecule has 3 rings (SSSR count). The summed E-state index contributed by atoms with van der Waals surface area (Å²) in [5.41, 5.74) is 2.93. The SMILES string of the molecule is Cc1ccc(N(CC(C)C)S(=O)(=O)c2ccc(OCc3ccncc3)cc2S(=O)(=O)O)c(C)c1. The Hall–Kier alpha value is -2.95. The first-order chi connectivity index (χ1) is 15.9. The maximum Gasteiger partial charge on any atom is 0.296 e. The van der Waals surface area contributed by atoms with E-state index in [4.69, 9.17) is 4.74 Å². The van der Waals surface area contributed by atoms with Crippen molar-refractivity contribution in [2.24, 2.45) is 5.92 Å². The first-order valence-electron chi connectivity index (χ1n) is 10.6. The van der Waals surface area contributed by atoms with Gasteiger partial charge in [-0.1, -0.05) is 31.5 Å². The average Bonchev–Trinajstić information content (AvgIpc) is 2.76. The van der Waals surface area contributed by atoms with Crippen molar-refractivity contribution in [3.8, 4) is 5.75 Å². The van der Waals surface area contributed by atoms with Crippen LogP contribution >= 0.6 is 0 Å². The molecule has 0 unspecified atom stereocenters. The van der Waals surface area contributed by atoms with E-state index < -0.39 is 29.9 Å². The van der Waals surface area contributed by atoms with Crippen molar-refractivity contribution < 1.29 is 26.1 Å². The van der Waals surface area contributed by atoms with E-state index in [1.807, 2.05) is 26.8 Å². The lowest BCUT2D eigenvalue weighted by Gasteiger charge is -2.28. The third-order valence-corrected chi connectivity index (χ3v) is 7.93. The summed E-state index contributed by atoms with van der Waals surface area (Å²) in [5.74, 6) is 0.0537. The predicted molar refractivity (Wildman–Crippen MR) is 130 cm³/mol. The first-order valence-corrected chi connectivity index (χ1v) is 13.5. The monoisotopic (exact) mass is 504 g/mol. The summed E-state index contributed by atoms with van der Waals surface area (Å²) >= 11 is 0. The second-order valence-electron chi connectivity index (χ2n) is 8.45. The minimum Gasteiger partial charge on any atom is -0.489 e. The summed E-state index contributed by atoms with van der Waals surface area (Å²) in [6, 6.07) is 12.4. The molecule has 8 nitrogen and oxygen atoms in total. The molecule has 182 valence electrons. The normalized spacial score (nSPS) is 12.1. The van der Waals surface area contributed by atoms with Crippen molar-refractivity contribution in [3.63, 3.8) is 0 Å². The van der Waals surface area contributed by atoms with Crippen molar-refractivity contribution in [2.75, 3.05) is 10.8 Å². The van der Waals surface area contributed by atoms with Crippen LogP contribution in [-0.2, 0) is 26.7 Å². The highest BCUT2D eigenvalue weighted by atomic mass is 32.2. The van der Waals surface area contributed by atoms with Crippen LogP contribution in [0.2, 0.25) is 0 Å². The van der Waals surface area contributed by atoms with Crippen LogP contribution in [0.1, 0.15) is 30.5 Å². The maximum absolute atomic E-state index is 13.8. The summed E-state index contributed by atoms with van der Waals surface area (Å²) in [5, 5.41) is 0. The third kappa shape index (κ3) is 5.94. The smallest absolute Gasteiger partial charge is 0.296 e. The lowest BCUT2D eigenvalue weighted by Crippen LogP contribution is -2.35. The van der Waals surface area contributed by atoms with Gasteiger partial charge in [-0.25, -0.2) is 8.42 Å². The molecule has 1 heterocycles. The Morgan fingerprint density at radius 2 is 1.62 bits per heavy atom. The lowest BCUT2D eigenvalue weighted by atomic mass is 10.1. The van der Waals surface area contributed by atoms with Gasteiger partial charge < -0.3 is 4.74 Å². The molecule has 34 heavy (non-hydrogen) atoms. The minimum atomic E-state index is -4.88. The Labute approximate surface area is 201 Å². The number of sulfonamides is 1. The second-order valence-corrected chi connectivity index (χ2v) is 11.7. The molecular weight excluding hydrogens is 476 g/mol. The highest BCUT2D eigenvalue weighted by molar-refractivity contribution is 7.94. The zero-order valence-electron chi connectivity index (χ0n) is 19.5. The summed E-state index contributed by atoms with van der Waals surface area (Å²) in [4.78, 5) is 2.66. The average molecular weight is 505 g/mol. The minimum absolute atomic E-state index is 0.0485. The van der Waals surface area contributed by atoms with Crippen molar-refractivity contribution in [1.82, 2.24) is 4.98 Å². The van der Waals surface area contributed by atoms with Crippen LogP contribution in [0.25, 0.3) is 0 Å². The van der Waals surface area contributed by atoms with Crippen molar-refractivity contribution in [3.05, 3.63) is 77.6 Å². The number of hydrogen-bond donors (Lipinski definition) is 1. The molecule has 0 saturated heterocycles.